The van der Waals surface area contributed by atoms with Crippen LogP contribution < -0.4 is 10.1 Å². The molecule has 22 heavy (non-hydrogen) atoms. The summed E-state index contributed by atoms with van der Waals surface area (Å²) in [7, 11) is 1.63. The van der Waals surface area contributed by atoms with Crippen LogP contribution >= 0.6 is 0 Å². The van der Waals surface area contributed by atoms with E-state index in [2.05, 4.69) is 17.2 Å². The molecule has 1 aromatic carbocycles. The molecule has 2 aromatic rings. The Morgan fingerprint density at radius 1 is 1.36 bits per heavy atom. The highest BCUT2D eigenvalue weighted by atomic mass is 16.5. The third-order valence-electron chi connectivity index (χ3n) is 3.11. The summed E-state index contributed by atoms with van der Waals surface area (Å²) >= 11 is 0. The Morgan fingerprint density at radius 3 is 2.91 bits per heavy atom. The topological polar surface area (TPSA) is 71.1 Å². The molecule has 1 N–H and O–H groups in total. The van der Waals surface area contributed by atoms with E-state index in [9.17, 15) is 0 Å². The lowest BCUT2D eigenvalue weighted by Gasteiger charge is -2.02. The number of rotatable bonds is 7. The van der Waals surface area contributed by atoms with Crippen LogP contribution in [-0.2, 0) is 0 Å². The highest BCUT2D eigenvalue weighted by molar-refractivity contribution is 5.70. The predicted octanol–water partition coefficient (Wildman–Crippen LogP) is 3.94. The van der Waals surface area contributed by atoms with Crippen LogP contribution in [0.3, 0.4) is 0 Å². The van der Waals surface area contributed by atoms with E-state index in [-0.39, 0.29) is 5.69 Å². The van der Waals surface area contributed by atoms with E-state index >= 15 is 0 Å². The van der Waals surface area contributed by atoms with Crippen LogP contribution in [0.5, 0.6) is 5.75 Å². The maximum absolute atomic E-state index is 9.10. The molecule has 0 amide bonds. The minimum atomic E-state index is 0.274. The van der Waals surface area contributed by atoms with Crippen molar-refractivity contribution >= 4 is 18.0 Å². The molecule has 0 radical (unpaired) electrons. The Kier molecular flexibility index (Phi) is 5.61. The van der Waals surface area contributed by atoms with Crippen LogP contribution in [0.2, 0.25) is 0 Å². The van der Waals surface area contributed by atoms with E-state index < -0.39 is 0 Å². The molecular weight excluding hydrogens is 278 g/mol. The number of hydrogen-bond acceptors (Lipinski definition) is 5. The predicted molar refractivity (Wildman–Crippen MR) is 86.5 cm³/mol. The third-order valence-corrected chi connectivity index (χ3v) is 3.11. The van der Waals surface area contributed by atoms with Crippen molar-refractivity contribution in [3.8, 4) is 11.8 Å². The van der Waals surface area contributed by atoms with Gasteiger partial charge in [0.25, 0.3) is 0 Å². The lowest BCUT2D eigenvalue weighted by molar-refractivity contribution is 0.414. The number of methoxy groups -OCH3 is 1. The Morgan fingerprint density at radius 2 is 2.18 bits per heavy atom. The Hall–Kier alpha value is -2.74. The van der Waals surface area contributed by atoms with Gasteiger partial charge >= 0.3 is 0 Å². The number of nitrogens with one attached hydrogen (secondary N) is 1. The molecule has 5 nitrogen and oxygen atoms in total. The average Bonchev–Trinajstić information content (AvgIpc) is 2.95. The number of unbranched alkanes of at least 4 members (excludes halogenated alkanes) is 1. The van der Waals surface area contributed by atoms with Gasteiger partial charge in [-0.3, -0.25) is 0 Å². The van der Waals surface area contributed by atoms with Crippen molar-refractivity contribution in [2.45, 2.75) is 19.8 Å². The van der Waals surface area contributed by atoms with Gasteiger partial charge in [0.1, 0.15) is 11.8 Å². The van der Waals surface area contributed by atoms with E-state index in [0.717, 1.165) is 30.7 Å². The molecule has 0 atom stereocenters. The fourth-order valence-electron chi connectivity index (χ4n) is 1.95. The van der Waals surface area contributed by atoms with Crippen LogP contribution in [0.4, 0.5) is 5.88 Å². The van der Waals surface area contributed by atoms with Crippen molar-refractivity contribution in [1.29, 1.82) is 5.26 Å². The second-order valence-electron chi connectivity index (χ2n) is 4.70. The first-order chi connectivity index (χ1) is 10.8. The molecule has 0 aliphatic heterocycles. The van der Waals surface area contributed by atoms with Crippen LogP contribution in [0.15, 0.2) is 28.7 Å². The molecule has 2 rings (SSSR count). The number of benzene rings is 1. The first kappa shape index (κ1) is 15.6. The van der Waals surface area contributed by atoms with Gasteiger partial charge in [-0.2, -0.15) is 10.2 Å². The van der Waals surface area contributed by atoms with Gasteiger partial charge in [-0.15, -0.1) is 0 Å². The SMILES string of the molecule is CCCCNc1oc(C=Cc2ccccc2OC)nc1C#N. The monoisotopic (exact) mass is 297 g/mol. The Balaban J connectivity index is 2.16. The van der Waals surface area contributed by atoms with Crippen molar-refractivity contribution in [1.82, 2.24) is 4.98 Å². The molecule has 0 fully saturated rings. The average molecular weight is 297 g/mol. The Labute approximate surface area is 130 Å². The van der Waals surface area contributed by atoms with E-state index in [0.29, 0.717) is 11.8 Å². The summed E-state index contributed by atoms with van der Waals surface area (Å²) in [6.45, 7) is 2.87. The number of para-hydroxylation sites is 1. The standard InChI is InChI=1S/C17H19N3O2/c1-3-4-11-19-17-14(12-18)20-16(22-17)10-9-13-7-5-6-8-15(13)21-2/h5-10,19H,3-4,11H2,1-2H3. The molecule has 5 heteroatoms. The highest BCUT2D eigenvalue weighted by Crippen LogP contribution is 2.22. The molecule has 0 aliphatic rings. The molecule has 0 saturated heterocycles. The zero-order chi connectivity index (χ0) is 15.8. The number of nitrogens with zero attached hydrogens (tertiary/aromatic N) is 2. The normalized spacial score (nSPS) is 10.6. The van der Waals surface area contributed by atoms with Crippen molar-refractivity contribution in [3.63, 3.8) is 0 Å². The van der Waals surface area contributed by atoms with Crippen LogP contribution in [0, 0.1) is 11.3 Å². The van der Waals surface area contributed by atoms with Gasteiger partial charge in [-0.05, 0) is 18.6 Å². The van der Waals surface area contributed by atoms with Crippen molar-refractivity contribution in [2.24, 2.45) is 0 Å². The molecular formula is C17H19N3O2. The largest absolute Gasteiger partial charge is 0.496 e. The maximum atomic E-state index is 9.10. The van der Waals surface area contributed by atoms with E-state index in [1.165, 1.54) is 0 Å². The van der Waals surface area contributed by atoms with Gasteiger partial charge in [-0.1, -0.05) is 31.5 Å². The maximum Gasteiger partial charge on any atom is 0.232 e. The van der Waals surface area contributed by atoms with Crippen molar-refractivity contribution in [3.05, 3.63) is 41.4 Å². The number of anilines is 1. The first-order valence-electron chi connectivity index (χ1n) is 7.24. The number of hydrogen-bond donors (Lipinski definition) is 1. The molecule has 0 aliphatic carbocycles. The van der Waals surface area contributed by atoms with Crippen LogP contribution in [-0.4, -0.2) is 18.6 Å². The van der Waals surface area contributed by atoms with E-state index in [4.69, 9.17) is 14.4 Å². The molecule has 1 heterocycles. The molecule has 0 saturated carbocycles. The summed E-state index contributed by atoms with van der Waals surface area (Å²) < 4.78 is 10.9. The number of nitriles is 1. The minimum absolute atomic E-state index is 0.274. The molecule has 114 valence electrons. The van der Waals surface area contributed by atoms with Gasteiger partial charge in [0, 0.05) is 18.2 Å². The van der Waals surface area contributed by atoms with E-state index in [1.807, 2.05) is 36.4 Å². The fraction of sp³-hybridized carbons (Fsp3) is 0.294. The number of aromatic nitrogens is 1. The zero-order valence-electron chi connectivity index (χ0n) is 12.8. The molecule has 0 spiro atoms. The lowest BCUT2D eigenvalue weighted by atomic mass is 10.2. The summed E-state index contributed by atoms with van der Waals surface area (Å²) in [5.41, 5.74) is 1.19. The van der Waals surface area contributed by atoms with Crippen molar-refractivity contribution < 1.29 is 9.15 Å². The fourth-order valence-corrected chi connectivity index (χ4v) is 1.95. The molecule has 0 unspecified atom stereocenters. The zero-order valence-corrected chi connectivity index (χ0v) is 12.8. The van der Waals surface area contributed by atoms with Gasteiger partial charge in [-0.25, -0.2) is 0 Å². The van der Waals surface area contributed by atoms with Gasteiger partial charge < -0.3 is 14.5 Å². The summed E-state index contributed by atoms with van der Waals surface area (Å²) in [5.74, 6) is 1.59. The third kappa shape index (κ3) is 3.89. The second-order valence-corrected chi connectivity index (χ2v) is 4.70. The second kappa shape index (κ2) is 7.89. The van der Waals surface area contributed by atoms with E-state index in [1.54, 1.807) is 13.2 Å². The van der Waals surface area contributed by atoms with Gasteiger partial charge in [0.2, 0.25) is 17.5 Å². The first-order valence-corrected chi connectivity index (χ1v) is 7.24. The van der Waals surface area contributed by atoms with Gasteiger partial charge in [0.15, 0.2) is 0 Å². The quantitative estimate of drug-likeness (QED) is 0.784. The highest BCUT2D eigenvalue weighted by Gasteiger charge is 2.10. The number of ether oxygens (including phenoxy) is 1. The summed E-state index contributed by atoms with van der Waals surface area (Å²) in [5, 5.41) is 12.2. The smallest absolute Gasteiger partial charge is 0.232 e. The molecule has 0 bridgehead atoms. The summed E-state index contributed by atoms with van der Waals surface area (Å²) in [6, 6.07) is 9.69. The minimum Gasteiger partial charge on any atom is -0.496 e. The Bertz CT molecular complexity index is 683. The lowest BCUT2D eigenvalue weighted by Crippen LogP contribution is -2.00. The summed E-state index contributed by atoms with van der Waals surface area (Å²) in [6.07, 6.45) is 5.66. The molecule has 1 aromatic heterocycles. The van der Waals surface area contributed by atoms with Gasteiger partial charge in [0.05, 0.1) is 7.11 Å². The van der Waals surface area contributed by atoms with Crippen molar-refractivity contribution in [2.75, 3.05) is 19.0 Å². The van der Waals surface area contributed by atoms with Crippen LogP contribution in [0.1, 0.15) is 36.9 Å². The van der Waals surface area contributed by atoms with Crippen LogP contribution in [0.25, 0.3) is 12.2 Å². The number of oxazole rings is 1. The summed E-state index contributed by atoms with van der Waals surface area (Å²) in [4.78, 5) is 4.16.